The van der Waals surface area contributed by atoms with Gasteiger partial charge in [-0.1, -0.05) is 21.1 Å². The zero-order valence-corrected chi connectivity index (χ0v) is 13.1. The first-order chi connectivity index (χ1) is 9.24. The highest BCUT2D eigenvalue weighted by Crippen LogP contribution is 2.30. The Morgan fingerprint density at radius 1 is 1.32 bits per heavy atom. The molecule has 1 saturated heterocycles. The second kappa shape index (κ2) is 5.70. The lowest BCUT2D eigenvalue weighted by Gasteiger charge is -2.20. The quantitative estimate of drug-likeness (QED) is 0.856. The molecule has 1 aromatic carbocycles. The van der Waals surface area contributed by atoms with Crippen molar-refractivity contribution in [3.05, 3.63) is 33.0 Å². The lowest BCUT2D eigenvalue weighted by molar-refractivity contribution is 0.0208. The van der Waals surface area contributed by atoms with Gasteiger partial charge in [-0.3, -0.25) is 0 Å². The molecule has 0 amide bonds. The normalized spacial score (nSPS) is 19.6. The van der Waals surface area contributed by atoms with Crippen LogP contribution in [0.4, 0.5) is 0 Å². The van der Waals surface area contributed by atoms with Crippen LogP contribution in [0.5, 0.6) is 0 Å². The van der Waals surface area contributed by atoms with Gasteiger partial charge in [0.15, 0.2) is 0 Å². The summed E-state index contributed by atoms with van der Waals surface area (Å²) in [6.45, 7) is 2.23. The smallest absolute Gasteiger partial charge is 0.259 e. The molecule has 2 aromatic rings. The third-order valence-corrected chi connectivity index (χ3v) is 3.97. The zero-order chi connectivity index (χ0) is 13.2. The number of hydrogen-bond acceptors (Lipinski definition) is 5. The molecule has 1 aromatic heterocycles. The number of nitrogens with one attached hydrogen (secondary N) is 1. The number of ether oxygens (including phenoxy) is 1. The molecule has 19 heavy (non-hydrogen) atoms. The Balaban J connectivity index is 1.87. The van der Waals surface area contributed by atoms with Gasteiger partial charge in [-0.2, -0.15) is 4.98 Å². The summed E-state index contributed by atoms with van der Waals surface area (Å²) in [5, 5.41) is 7.24. The van der Waals surface area contributed by atoms with E-state index in [-0.39, 0.29) is 6.10 Å². The van der Waals surface area contributed by atoms with Crippen LogP contribution in [0.2, 0.25) is 0 Å². The van der Waals surface area contributed by atoms with Crippen LogP contribution < -0.4 is 5.32 Å². The van der Waals surface area contributed by atoms with Crippen LogP contribution in [0.15, 0.2) is 31.7 Å². The van der Waals surface area contributed by atoms with Crippen LogP contribution in [-0.4, -0.2) is 29.8 Å². The van der Waals surface area contributed by atoms with E-state index in [0.717, 1.165) is 21.1 Å². The maximum absolute atomic E-state index is 5.60. The minimum atomic E-state index is -0.138. The fourth-order valence-corrected chi connectivity index (χ4v) is 3.09. The molecule has 0 saturated carbocycles. The van der Waals surface area contributed by atoms with E-state index in [1.54, 1.807) is 0 Å². The molecule has 2 heterocycles. The summed E-state index contributed by atoms with van der Waals surface area (Å²) < 4.78 is 12.8. The fourth-order valence-electron chi connectivity index (χ4n) is 1.87. The zero-order valence-electron chi connectivity index (χ0n) is 9.90. The molecular formula is C12H11Br2N3O2. The molecule has 0 aliphatic carbocycles. The van der Waals surface area contributed by atoms with Crippen molar-refractivity contribution in [1.29, 1.82) is 0 Å². The molecule has 1 unspecified atom stereocenters. The third kappa shape index (κ3) is 2.89. The Labute approximate surface area is 127 Å². The average molecular weight is 389 g/mol. The van der Waals surface area contributed by atoms with Gasteiger partial charge >= 0.3 is 0 Å². The summed E-state index contributed by atoms with van der Waals surface area (Å²) in [5.74, 6) is 1.07. The molecule has 1 aliphatic heterocycles. The number of aromatic nitrogens is 2. The van der Waals surface area contributed by atoms with E-state index in [4.69, 9.17) is 9.26 Å². The molecule has 5 nitrogen and oxygen atoms in total. The first kappa shape index (κ1) is 13.2. The van der Waals surface area contributed by atoms with Crippen molar-refractivity contribution in [3.63, 3.8) is 0 Å². The molecule has 1 N–H and O–H groups in total. The van der Waals surface area contributed by atoms with Gasteiger partial charge < -0.3 is 14.6 Å². The SMILES string of the molecule is Brc1ccc(-c2nc(C3CNCCO3)no2)c(Br)c1. The van der Waals surface area contributed by atoms with Crippen LogP contribution in [0.3, 0.4) is 0 Å². The summed E-state index contributed by atoms with van der Waals surface area (Å²) in [6.07, 6.45) is -0.138. The Morgan fingerprint density at radius 2 is 2.21 bits per heavy atom. The maximum atomic E-state index is 5.60. The topological polar surface area (TPSA) is 60.2 Å². The van der Waals surface area contributed by atoms with Gasteiger partial charge in [0.25, 0.3) is 5.89 Å². The van der Waals surface area contributed by atoms with Crippen LogP contribution in [0, 0.1) is 0 Å². The molecule has 1 fully saturated rings. The van der Waals surface area contributed by atoms with Crippen LogP contribution >= 0.6 is 31.9 Å². The third-order valence-electron chi connectivity index (χ3n) is 2.82. The lowest BCUT2D eigenvalue weighted by Crippen LogP contribution is -2.33. The van der Waals surface area contributed by atoms with E-state index >= 15 is 0 Å². The number of halogens is 2. The van der Waals surface area contributed by atoms with Crippen molar-refractivity contribution < 1.29 is 9.26 Å². The predicted molar refractivity (Wildman–Crippen MR) is 76.7 cm³/mol. The van der Waals surface area contributed by atoms with Crippen molar-refractivity contribution in [3.8, 4) is 11.5 Å². The van der Waals surface area contributed by atoms with Crippen molar-refractivity contribution in [2.75, 3.05) is 19.7 Å². The molecule has 0 radical (unpaired) electrons. The molecule has 1 aliphatic rings. The monoisotopic (exact) mass is 387 g/mol. The number of morpholine rings is 1. The van der Waals surface area contributed by atoms with Gasteiger partial charge in [-0.15, -0.1) is 0 Å². The van der Waals surface area contributed by atoms with E-state index in [9.17, 15) is 0 Å². The Kier molecular flexibility index (Phi) is 3.97. The van der Waals surface area contributed by atoms with Crippen LogP contribution in [0.1, 0.15) is 11.9 Å². The van der Waals surface area contributed by atoms with Gasteiger partial charge in [0, 0.05) is 22.0 Å². The summed E-state index contributed by atoms with van der Waals surface area (Å²) in [6, 6.07) is 5.80. The van der Waals surface area contributed by atoms with E-state index < -0.39 is 0 Å². The molecule has 0 spiro atoms. The minimum Gasteiger partial charge on any atom is -0.367 e. The number of nitrogens with zero attached hydrogens (tertiary/aromatic N) is 2. The average Bonchev–Trinajstić information content (AvgIpc) is 2.89. The van der Waals surface area contributed by atoms with E-state index in [0.29, 0.717) is 24.9 Å². The van der Waals surface area contributed by atoms with Gasteiger partial charge in [0.1, 0.15) is 6.10 Å². The lowest BCUT2D eigenvalue weighted by atomic mass is 10.2. The number of benzene rings is 1. The van der Waals surface area contributed by atoms with Crippen molar-refractivity contribution >= 4 is 31.9 Å². The van der Waals surface area contributed by atoms with E-state index in [1.807, 2.05) is 18.2 Å². The Bertz CT molecular complexity index is 582. The van der Waals surface area contributed by atoms with Crippen LogP contribution in [0.25, 0.3) is 11.5 Å². The van der Waals surface area contributed by atoms with Gasteiger partial charge in [0.2, 0.25) is 5.82 Å². The Hall–Kier alpha value is -0.760. The second-order valence-corrected chi connectivity index (χ2v) is 5.92. The number of hydrogen-bond donors (Lipinski definition) is 1. The summed E-state index contributed by atoms with van der Waals surface area (Å²) in [5.41, 5.74) is 0.866. The first-order valence-electron chi connectivity index (χ1n) is 5.85. The molecular weight excluding hydrogens is 378 g/mol. The van der Waals surface area contributed by atoms with Gasteiger partial charge in [0.05, 0.1) is 12.2 Å². The van der Waals surface area contributed by atoms with Crippen molar-refractivity contribution in [2.24, 2.45) is 0 Å². The standard InChI is InChI=1S/C12H11Br2N3O2/c13-7-1-2-8(9(14)5-7)12-16-11(17-19-12)10-6-15-3-4-18-10/h1-2,5,10,15H,3-4,6H2. The summed E-state index contributed by atoms with van der Waals surface area (Å²) in [7, 11) is 0. The molecule has 1 atom stereocenters. The Morgan fingerprint density at radius 3 is 2.95 bits per heavy atom. The molecule has 7 heteroatoms. The van der Waals surface area contributed by atoms with Crippen molar-refractivity contribution in [1.82, 2.24) is 15.5 Å². The van der Waals surface area contributed by atoms with Crippen LogP contribution in [-0.2, 0) is 4.74 Å². The number of rotatable bonds is 2. The summed E-state index contributed by atoms with van der Waals surface area (Å²) in [4.78, 5) is 4.41. The fraction of sp³-hybridized carbons (Fsp3) is 0.333. The minimum absolute atomic E-state index is 0.138. The molecule has 3 rings (SSSR count). The highest BCUT2D eigenvalue weighted by molar-refractivity contribution is 9.11. The molecule has 0 bridgehead atoms. The van der Waals surface area contributed by atoms with E-state index in [2.05, 4.69) is 47.3 Å². The predicted octanol–water partition coefficient (Wildman–Crippen LogP) is 2.92. The van der Waals surface area contributed by atoms with Crippen molar-refractivity contribution in [2.45, 2.75) is 6.10 Å². The maximum Gasteiger partial charge on any atom is 0.259 e. The summed E-state index contributed by atoms with van der Waals surface area (Å²) >= 11 is 6.90. The molecule has 100 valence electrons. The second-order valence-electron chi connectivity index (χ2n) is 4.15. The highest BCUT2D eigenvalue weighted by Gasteiger charge is 2.22. The largest absolute Gasteiger partial charge is 0.367 e. The van der Waals surface area contributed by atoms with E-state index in [1.165, 1.54) is 0 Å². The van der Waals surface area contributed by atoms with Gasteiger partial charge in [-0.05, 0) is 34.1 Å². The highest BCUT2D eigenvalue weighted by atomic mass is 79.9. The first-order valence-corrected chi connectivity index (χ1v) is 7.44. The van der Waals surface area contributed by atoms with Gasteiger partial charge in [-0.25, -0.2) is 0 Å².